The molecule has 0 aliphatic carbocycles. The van der Waals surface area contributed by atoms with E-state index < -0.39 is 0 Å². The number of anilines is 4. The average molecular weight is 398 g/mol. The van der Waals surface area contributed by atoms with Gasteiger partial charge in [-0.05, 0) is 47.5 Å². The summed E-state index contributed by atoms with van der Waals surface area (Å²) in [6.45, 7) is 3.36. The molecule has 4 aromatic rings. The molecule has 30 heavy (non-hydrogen) atoms. The second-order valence-electron chi connectivity index (χ2n) is 7.17. The summed E-state index contributed by atoms with van der Waals surface area (Å²) in [5.74, 6) is 1.26. The maximum Gasteiger partial charge on any atom is 0.154 e. The number of aromatic nitrogens is 3. The Morgan fingerprint density at radius 3 is 2.60 bits per heavy atom. The zero-order valence-corrected chi connectivity index (χ0v) is 16.5. The summed E-state index contributed by atoms with van der Waals surface area (Å²) in [7, 11) is 0. The number of nitrogens with one attached hydrogen (secondary N) is 1. The summed E-state index contributed by atoms with van der Waals surface area (Å²) in [4.78, 5) is 15.5. The fraction of sp³-hybridized carbons (Fsp3) is 0.174. The minimum Gasteiger partial charge on any atom is -0.396 e. The molecule has 3 heterocycles. The number of morpholine rings is 1. The topological polar surface area (TPSA) is 89.2 Å². The number of ether oxygens (including phenoxy) is 1. The second-order valence-corrected chi connectivity index (χ2v) is 7.17. The average Bonchev–Trinajstić information content (AvgIpc) is 2.81. The van der Waals surface area contributed by atoms with E-state index >= 15 is 0 Å². The molecule has 0 unspecified atom stereocenters. The van der Waals surface area contributed by atoms with Crippen molar-refractivity contribution >= 4 is 33.9 Å². The van der Waals surface area contributed by atoms with Crippen LogP contribution in [0.5, 0.6) is 0 Å². The van der Waals surface area contributed by atoms with E-state index in [-0.39, 0.29) is 0 Å². The van der Waals surface area contributed by atoms with Crippen LogP contribution in [0.15, 0.2) is 67.1 Å². The van der Waals surface area contributed by atoms with Gasteiger partial charge in [-0.15, -0.1) is 0 Å². The van der Waals surface area contributed by atoms with E-state index in [9.17, 15) is 0 Å². The fourth-order valence-electron chi connectivity index (χ4n) is 3.67. The quantitative estimate of drug-likeness (QED) is 0.540. The van der Waals surface area contributed by atoms with Crippen molar-refractivity contribution in [3.05, 3.63) is 67.1 Å². The van der Waals surface area contributed by atoms with Crippen LogP contribution >= 0.6 is 0 Å². The third-order valence-corrected chi connectivity index (χ3v) is 5.27. The van der Waals surface area contributed by atoms with Gasteiger partial charge in [0.2, 0.25) is 0 Å². The maximum absolute atomic E-state index is 6.04. The van der Waals surface area contributed by atoms with Gasteiger partial charge in [0.15, 0.2) is 5.82 Å². The molecule has 1 fully saturated rings. The molecule has 5 rings (SSSR count). The van der Waals surface area contributed by atoms with Gasteiger partial charge in [-0.25, -0.2) is 15.0 Å². The third kappa shape index (κ3) is 3.62. The Bertz CT molecular complexity index is 1190. The Labute approximate surface area is 174 Å². The molecule has 2 aromatic heterocycles. The minimum absolute atomic E-state index is 0.568. The number of rotatable bonds is 4. The molecule has 1 aliphatic heterocycles. The Kier molecular flexibility index (Phi) is 4.86. The largest absolute Gasteiger partial charge is 0.396 e. The van der Waals surface area contributed by atoms with Gasteiger partial charge in [0, 0.05) is 30.4 Å². The van der Waals surface area contributed by atoms with Crippen LogP contribution in [0.1, 0.15) is 0 Å². The highest BCUT2D eigenvalue weighted by atomic mass is 16.5. The normalized spacial score (nSPS) is 14.1. The van der Waals surface area contributed by atoms with Crippen LogP contribution in [0.25, 0.3) is 22.0 Å². The summed E-state index contributed by atoms with van der Waals surface area (Å²) in [5, 5.41) is 4.16. The number of hydrogen-bond donors (Lipinski definition) is 2. The van der Waals surface area contributed by atoms with E-state index in [1.54, 1.807) is 24.7 Å². The van der Waals surface area contributed by atoms with E-state index in [0.29, 0.717) is 17.3 Å². The predicted octanol–water partition coefficient (Wildman–Crippen LogP) is 3.85. The van der Waals surface area contributed by atoms with Gasteiger partial charge in [0.1, 0.15) is 12.1 Å². The van der Waals surface area contributed by atoms with E-state index in [1.165, 1.54) is 5.69 Å². The summed E-state index contributed by atoms with van der Waals surface area (Å²) >= 11 is 0. The van der Waals surface area contributed by atoms with Crippen molar-refractivity contribution in [2.24, 2.45) is 0 Å². The highest BCUT2D eigenvalue weighted by Gasteiger charge is 2.13. The van der Waals surface area contributed by atoms with Crippen molar-refractivity contribution in [3.63, 3.8) is 0 Å². The lowest BCUT2D eigenvalue weighted by Gasteiger charge is -2.29. The Hall–Kier alpha value is -3.71. The van der Waals surface area contributed by atoms with Crippen molar-refractivity contribution in [2.75, 3.05) is 42.3 Å². The monoisotopic (exact) mass is 398 g/mol. The number of benzene rings is 2. The van der Waals surface area contributed by atoms with E-state index in [4.69, 9.17) is 10.5 Å². The summed E-state index contributed by atoms with van der Waals surface area (Å²) < 4.78 is 5.48. The number of nitrogen functional groups attached to an aromatic ring is 1. The number of nitrogens with zero attached hydrogens (tertiary/aromatic N) is 4. The molecular formula is C23H22N6O. The highest BCUT2D eigenvalue weighted by molar-refractivity contribution is 5.94. The summed E-state index contributed by atoms with van der Waals surface area (Å²) in [6.07, 6.45) is 3.24. The van der Waals surface area contributed by atoms with Crippen LogP contribution in [0.4, 0.5) is 23.0 Å². The third-order valence-electron chi connectivity index (χ3n) is 5.27. The number of hydrogen-bond acceptors (Lipinski definition) is 7. The molecule has 1 saturated heterocycles. The van der Waals surface area contributed by atoms with Crippen molar-refractivity contribution in [3.8, 4) is 11.1 Å². The Morgan fingerprint density at radius 1 is 0.867 bits per heavy atom. The molecule has 150 valence electrons. The van der Waals surface area contributed by atoms with E-state index in [0.717, 1.165) is 48.3 Å². The SMILES string of the molecule is Nc1cccnc1Nc1ncnc2ccc(-c3cccc(N4CCOCC4)c3)cc12. The first-order chi connectivity index (χ1) is 14.8. The molecule has 0 bridgehead atoms. The molecule has 0 saturated carbocycles. The van der Waals surface area contributed by atoms with Crippen LogP contribution in [0.2, 0.25) is 0 Å². The number of fused-ring (bicyclic) bond motifs is 1. The first-order valence-corrected chi connectivity index (χ1v) is 9.93. The van der Waals surface area contributed by atoms with Crippen LogP contribution in [0.3, 0.4) is 0 Å². The van der Waals surface area contributed by atoms with Gasteiger partial charge < -0.3 is 20.7 Å². The predicted molar refractivity (Wildman–Crippen MR) is 120 cm³/mol. The zero-order chi connectivity index (χ0) is 20.3. The van der Waals surface area contributed by atoms with Crippen LogP contribution in [-0.2, 0) is 4.74 Å². The lowest BCUT2D eigenvalue weighted by molar-refractivity contribution is 0.122. The van der Waals surface area contributed by atoms with E-state index in [1.807, 2.05) is 6.07 Å². The van der Waals surface area contributed by atoms with Gasteiger partial charge in [0.25, 0.3) is 0 Å². The van der Waals surface area contributed by atoms with Crippen molar-refractivity contribution < 1.29 is 4.74 Å². The molecule has 3 N–H and O–H groups in total. The van der Waals surface area contributed by atoms with Gasteiger partial charge in [-0.2, -0.15) is 0 Å². The highest BCUT2D eigenvalue weighted by Crippen LogP contribution is 2.31. The molecule has 0 amide bonds. The zero-order valence-electron chi connectivity index (χ0n) is 16.5. The molecule has 7 heteroatoms. The number of pyridine rings is 1. The lowest BCUT2D eigenvalue weighted by atomic mass is 10.0. The fourth-order valence-corrected chi connectivity index (χ4v) is 3.67. The first kappa shape index (κ1) is 18.3. The van der Waals surface area contributed by atoms with E-state index in [2.05, 4.69) is 61.6 Å². The molecule has 0 atom stereocenters. The molecule has 2 aromatic carbocycles. The van der Waals surface area contributed by atoms with Gasteiger partial charge >= 0.3 is 0 Å². The maximum atomic E-state index is 6.04. The van der Waals surface area contributed by atoms with Crippen molar-refractivity contribution in [1.82, 2.24) is 15.0 Å². The first-order valence-electron chi connectivity index (χ1n) is 9.93. The molecule has 0 radical (unpaired) electrons. The standard InChI is InChI=1S/C23H22N6O/c24-20-5-2-8-25-23(20)28-22-19-14-17(6-7-21(19)26-15-27-22)16-3-1-4-18(13-16)29-9-11-30-12-10-29/h1-8,13-15H,9-12,24H2,(H,25,26,27,28). The van der Waals surface area contributed by atoms with Gasteiger partial charge in [0.05, 0.1) is 24.4 Å². The summed E-state index contributed by atoms with van der Waals surface area (Å²) in [5.41, 5.74) is 10.9. The molecule has 1 aliphatic rings. The van der Waals surface area contributed by atoms with Gasteiger partial charge in [-0.1, -0.05) is 18.2 Å². The molecular weight excluding hydrogens is 376 g/mol. The lowest BCUT2D eigenvalue weighted by Crippen LogP contribution is -2.36. The van der Waals surface area contributed by atoms with Crippen molar-refractivity contribution in [2.45, 2.75) is 0 Å². The Morgan fingerprint density at radius 2 is 1.73 bits per heavy atom. The van der Waals surface area contributed by atoms with Gasteiger partial charge in [-0.3, -0.25) is 0 Å². The summed E-state index contributed by atoms with van der Waals surface area (Å²) in [6, 6.07) is 18.4. The van der Waals surface area contributed by atoms with Crippen molar-refractivity contribution in [1.29, 1.82) is 0 Å². The smallest absolute Gasteiger partial charge is 0.154 e. The van der Waals surface area contributed by atoms with Crippen LogP contribution < -0.4 is 16.0 Å². The van der Waals surface area contributed by atoms with Crippen LogP contribution in [0, 0.1) is 0 Å². The molecule has 0 spiro atoms. The number of nitrogens with two attached hydrogens (primary N) is 1. The second kappa shape index (κ2) is 7.96. The van der Waals surface area contributed by atoms with Crippen LogP contribution in [-0.4, -0.2) is 41.3 Å². The minimum atomic E-state index is 0.568. The molecule has 7 nitrogen and oxygen atoms in total. The Balaban J connectivity index is 1.52.